The highest BCUT2D eigenvalue weighted by molar-refractivity contribution is 6.13. The normalized spacial score (nSPS) is 18.1. The molecule has 2 unspecified atom stereocenters. The van der Waals surface area contributed by atoms with Gasteiger partial charge in [-0.1, -0.05) is 200 Å². The molecule has 0 radical (unpaired) electrons. The molecule has 0 aliphatic heterocycles. The van der Waals surface area contributed by atoms with Gasteiger partial charge in [0.15, 0.2) is 0 Å². The molecule has 11 aromatic rings. The molecule has 65 heavy (non-hydrogen) atoms. The summed E-state index contributed by atoms with van der Waals surface area (Å²) in [4.78, 5) is 1.67. The van der Waals surface area contributed by atoms with Crippen molar-refractivity contribution in [2.24, 2.45) is 0 Å². The maximum atomic E-state index is 10.8. The molecule has 0 saturated carbocycles. The third-order valence-corrected chi connectivity index (χ3v) is 13.4. The molecule has 0 fully saturated rings. The number of anilines is 2. The summed E-state index contributed by atoms with van der Waals surface area (Å²) in [6.07, 6.45) is -1.48. The molecule has 0 spiro atoms. The average molecular weight is 836 g/mol. The molecule has 0 N–H and O–H groups in total. The molecule has 306 valence electrons. The monoisotopic (exact) mass is 835 g/mol. The zero-order valence-electron chi connectivity index (χ0n) is 42.3. The Labute approximate surface area is 389 Å². The Balaban J connectivity index is 1.11. The minimum absolute atomic E-state index is 0.0226. The minimum atomic E-state index is -1.48. The number of rotatable bonds is 7. The van der Waals surface area contributed by atoms with E-state index in [9.17, 15) is 9.60 Å². The Bertz CT molecular complexity index is 4010. The van der Waals surface area contributed by atoms with Crippen LogP contribution in [-0.2, 0) is 5.41 Å². The second-order valence-corrected chi connectivity index (χ2v) is 16.9. The first-order chi connectivity index (χ1) is 35.2. The lowest BCUT2D eigenvalue weighted by molar-refractivity contribution is 0.761. The van der Waals surface area contributed by atoms with E-state index >= 15 is 0 Å². The lowest BCUT2D eigenvalue weighted by atomic mass is 9.67. The van der Waals surface area contributed by atoms with Crippen molar-refractivity contribution in [3.05, 3.63) is 276 Å². The number of hydrogen-bond acceptors (Lipinski definition) is 1. The van der Waals surface area contributed by atoms with Gasteiger partial charge in [-0.25, -0.2) is 0 Å². The molecule has 13 rings (SSSR count). The second-order valence-electron chi connectivity index (χ2n) is 16.9. The highest BCUT2D eigenvalue weighted by atomic mass is 15.2. The summed E-state index contributed by atoms with van der Waals surface area (Å²) >= 11 is 0. The first-order valence-electron chi connectivity index (χ1n) is 25.7. The summed E-state index contributed by atoms with van der Waals surface area (Å²) in [5, 5.41) is 5.83. The molecule has 0 bridgehead atoms. The first kappa shape index (κ1) is 30.8. The van der Waals surface area contributed by atoms with E-state index in [0.29, 0.717) is 22.4 Å². The van der Waals surface area contributed by atoms with Gasteiger partial charge in [-0.2, -0.15) is 0 Å². The van der Waals surface area contributed by atoms with Gasteiger partial charge in [0, 0.05) is 29.2 Å². The van der Waals surface area contributed by atoms with Crippen LogP contribution in [-0.4, -0.2) is 10.6 Å². The molecular weight excluding hydrogens is 785 g/mol. The fourth-order valence-electron chi connectivity index (χ4n) is 10.6. The summed E-state index contributed by atoms with van der Waals surface area (Å²) in [7, 11) is 0. The van der Waals surface area contributed by atoms with Crippen molar-refractivity contribution in [1.82, 2.24) is 4.57 Å². The molecule has 2 nitrogen and oxygen atoms in total. The van der Waals surface area contributed by atoms with Gasteiger partial charge in [0.2, 0.25) is 0 Å². The fourth-order valence-corrected chi connectivity index (χ4v) is 10.6. The number of allylic oxidation sites excluding steroid dienone is 2. The van der Waals surface area contributed by atoms with Gasteiger partial charge >= 0.3 is 0 Å². The maximum absolute atomic E-state index is 10.8. The van der Waals surface area contributed by atoms with E-state index in [0.717, 1.165) is 71.3 Å². The summed E-state index contributed by atoms with van der Waals surface area (Å²) < 4.78 is 73.7. The quantitative estimate of drug-likeness (QED) is 0.145. The summed E-state index contributed by atoms with van der Waals surface area (Å²) in [5.74, 6) is 0. The molecule has 1 aromatic heterocycles. The van der Waals surface area contributed by atoms with E-state index in [2.05, 4.69) is 65.2 Å². The van der Waals surface area contributed by atoms with Crippen LogP contribution < -0.4 is 4.90 Å². The van der Waals surface area contributed by atoms with E-state index in [-0.39, 0.29) is 47.5 Å². The highest BCUT2D eigenvalue weighted by Crippen LogP contribution is 2.57. The Morgan fingerprint density at radius 3 is 1.85 bits per heavy atom. The van der Waals surface area contributed by atoms with E-state index < -0.39 is 17.9 Å². The third kappa shape index (κ3) is 5.74. The van der Waals surface area contributed by atoms with Crippen LogP contribution in [0.4, 0.5) is 11.4 Å². The summed E-state index contributed by atoms with van der Waals surface area (Å²) in [5.41, 5.74) is 7.26. The molecule has 2 heteroatoms. The van der Waals surface area contributed by atoms with Crippen LogP contribution in [0.5, 0.6) is 0 Å². The number of para-hydroxylation sites is 2. The average Bonchev–Trinajstić information content (AvgIpc) is 3.94. The topological polar surface area (TPSA) is 8.17 Å². The zero-order chi connectivity index (χ0) is 49.0. The molecule has 10 aromatic carbocycles. The van der Waals surface area contributed by atoms with Crippen LogP contribution in [0, 0.1) is 0 Å². The van der Waals surface area contributed by atoms with E-state index in [4.69, 9.17) is 0 Å². The molecule has 2 atom stereocenters. The van der Waals surface area contributed by atoms with E-state index in [1.165, 1.54) is 0 Å². The van der Waals surface area contributed by atoms with Gasteiger partial charge in [0.25, 0.3) is 0 Å². The lowest BCUT2D eigenvalue weighted by Gasteiger charge is -2.36. The van der Waals surface area contributed by atoms with Crippen molar-refractivity contribution in [3.8, 4) is 16.8 Å². The van der Waals surface area contributed by atoms with Crippen molar-refractivity contribution in [1.29, 1.82) is 0 Å². The SMILES string of the molecule is [2H]C1=C([2H])C(N(c2cccc(-n3c4ccccc4c4ccccc43)c2)c2c([2H])c([2H])c3c(c2[2H])C(c2ccccc2)(c2ccccc2)c2ccccc2-3)C([2H])C([2H])=C1c1cc2ccccc2c2ccccc12. The van der Waals surface area contributed by atoms with Crippen molar-refractivity contribution in [3.63, 3.8) is 0 Å². The van der Waals surface area contributed by atoms with Crippen LogP contribution in [0.1, 0.15) is 43.8 Å². The number of nitrogens with zero attached hydrogens (tertiary/aromatic N) is 2. The van der Waals surface area contributed by atoms with Gasteiger partial charge in [-0.15, -0.1) is 0 Å². The standard InChI is InChI=1S/C63H44N2/c1-3-19-45(20-4-1)63(46-21-5-2-6-22-46)59-31-14-11-28-54(59)55-39-38-50(42-60(55)63)64(48-23-17-24-49(41-48)65-61-32-15-12-29-56(61)57-30-13-16-33-62(57)65)47-36-34-43(35-37-47)58-40-44-18-7-8-25-51(44)52-26-9-10-27-53(52)58/h1-36,38-42,47H,37H2/i34D,35D,36D,37D,38D,39D,42D. The fraction of sp³-hybridized carbons (Fsp3) is 0.0476. The molecule has 2 aliphatic rings. The van der Waals surface area contributed by atoms with Crippen molar-refractivity contribution in [2.45, 2.75) is 17.9 Å². The van der Waals surface area contributed by atoms with Gasteiger partial charge < -0.3 is 9.47 Å². The first-order valence-corrected chi connectivity index (χ1v) is 22.1. The molecule has 2 aliphatic carbocycles. The zero-order valence-corrected chi connectivity index (χ0v) is 35.3. The Hall–Kier alpha value is -8.20. The van der Waals surface area contributed by atoms with Crippen LogP contribution in [0.15, 0.2) is 249 Å². The minimum Gasteiger partial charge on any atom is -0.334 e. The van der Waals surface area contributed by atoms with Crippen molar-refractivity contribution < 1.29 is 9.60 Å². The number of aromatic nitrogens is 1. The molecule has 0 amide bonds. The predicted octanol–water partition coefficient (Wildman–Crippen LogP) is 16.0. The van der Waals surface area contributed by atoms with Crippen LogP contribution in [0.2, 0.25) is 0 Å². The van der Waals surface area contributed by atoms with Crippen LogP contribution >= 0.6 is 0 Å². The summed E-state index contributed by atoms with van der Waals surface area (Å²) in [6.45, 7) is 0. The van der Waals surface area contributed by atoms with E-state index in [1.807, 2.05) is 152 Å². The van der Waals surface area contributed by atoms with Gasteiger partial charge in [-0.05, 0) is 121 Å². The molecule has 0 saturated heterocycles. The Morgan fingerprint density at radius 1 is 0.492 bits per heavy atom. The number of hydrogen-bond donors (Lipinski definition) is 0. The molecular formula is C63H44N2. The van der Waals surface area contributed by atoms with Gasteiger partial charge in [-0.3, -0.25) is 0 Å². The molecule has 1 heterocycles. The predicted molar refractivity (Wildman–Crippen MR) is 274 cm³/mol. The number of fused-ring (bicyclic) bond motifs is 9. The van der Waals surface area contributed by atoms with Crippen molar-refractivity contribution >= 4 is 60.3 Å². The Kier molecular flexibility index (Phi) is 7.09. The highest BCUT2D eigenvalue weighted by Gasteiger charge is 2.46. The largest absolute Gasteiger partial charge is 0.334 e. The van der Waals surface area contributed by atoms with Gasteiger partial charge in [0.05, 0.1) is 30.7 Å². The summed E-state index contributed by atoms with van der Waals surface area (Å²) in [6, 6.07) is 67.6. The van der Waals surface area contributed by atoms with Crippen LogP contribution in [0.25, 0.3) is 65.7 Å². The number of benzene rings is 10. The second kappa shape index (κ2) is 15.0. The van der Waals surface area contributed by atoms with Crippen LogP contribution in [0.3, 0.4) is 0 Å². The van der Waals surface area contributed by atoms with Gasteiger partial charge in [0.1, 0.15) is 0 Å². The van der Waals surface area contributed by atoms with E-state index in [1.54, 1.807) is 4.90 Å². The third-order valence-electron chi connectivity index (χ3n) is 13.4. The maximum Gasteiger partial charge on any atom is 0.0714 e. The lowest BCUT2D eigenvalue weighted by Crippen LogP contribution is -2.32. The smallest absolute Gasteiger partial charge is 0.0714 e. The van der Waals surface area contributed by atoms with Crippen molar-refractivity contribution in [2.75, 3.05) is 4.90 Å². The Morgan fingerprint density at radius 2 is 1.11 bits per heavy atom.